The van der Waals surface area contributed by atoms with Crippen molar-refractivity contribution in [1.82, 2.24) is 10.6 Å². The monoisotopic (exact) mass is 186 g/mol. The average Bonchev–Trinajstić information content (AvgIpc) is 1.90. The van der Waals surface area contributed by atoms with Crippen LogP contribution in [0.2, 0.25) is 0 Å². The van der Waals surface area contributed by atoms with E-state index in [1.165, 1.54) is 0 Å². The predicted octanol–water partition coefficient (Wildman–Crippen LogP) is -4.93. The molecule has 0 bridgehead atoms. The Morgan fingerprint density at radius 2 is 1.36 bits per heavy atom. The molecule has 1 aliphatic heterocycles. The standard InChI is InChI=1S/C4H10N2.CH2O3.K/c1-2-6-4-3-5-1;2-1(3)4;/h5-6H,1-4H2;(H2,2,3,4);/q;;+1/p-1. The van der Waals surface area contributed by atoms with Crippen molar-refractivity contribution in [3.8, 4) is 0 Å². The molecular formula is C5H11KN2O3. The Hall–Kier alpha value is 0.826. The maximum Gasteiger partial charge on any atom is 1.00 e. The number of carbonyl (C=O) groups is 1. The minimum Gasteiger partial charge on any atom is -0.565 e. The quantitative estimate of drug-likeness (QED) is 0.330. The molecule has 0 aromatic carbocycles. The fourth-order valence-electron chi connectivity index (χ4n) is 0.604. The van der Waals surface area contributed by atoms with E-state index in [0.717, 1.165) is 26.2 Å². The number of nitrogens with one attached hydrogen (secondary N) is 2. The number of piperazine rings is 1. The third-order valence-corrected chi connectivity index (χ3v) is 0.957. The van der Waals surface area contributed by atoms with E-state index < -0.39 is 6.16 Å². The summed E-state index contributed by atoms with van der Waals surface area (Å²) in [6.07, 6.45) is -2.08. The average molecular weight is 186 g/mol. The number of hydrogen-bond donors (Lipinski definition) is 3. The first-order chi connectivity index (χ1) is 4.73. The molecule has 0 saturated carbocycles. The van der Waals surface area contributed by atoms with Gasteiger partial charge in [-0.15, -0.1) is 0 Å². The molecule has 0 aromatic rings. The smallest absolute Gasteiger partial charge is 0.565 e. The van der Waals surface area contributed by atoms with Crippen molar-refractivity contribution >= 4 is 6.16 Å². The maximum atomic E-state index is 8.44. The van der Waals surface area contributed by atoms with Crippen molar-refractivity contribution in [1.29, 1.82) is 0 Å². The van der Waals surface area contributed by atoms with Gasteiger partial charge in [-0.1, -0.05) is 0 Å². The normalized spacial score (nSPS) is 15.3. The summed E-state index contributed by atoms with van der Waals surface area (Å²) in [6.45, 7) is 4.56. The first-order valence-corrected chi connectivity index (χ1v) is 3.05. The van der Waals surface area contributed by atoms with Gasteiger partial charge in [0.05, 0.1) is 0 Å². The fourth-order valence-corrected chi connectivity index (χ4v) is 0.604. The summed E-state index contributed by atoms with van der Waals surface area (Å²) in [7, 11) is 0. The van der Waals surface area contributed by atoms with Gasteiger partial charge in [0.25, 0.3) is 0 Å². The van der Waals surface area contributed by atoms with Crippen LogP contribution in [0.25, 0.3) is 0 Å². The molecule has 11 heavy (non-hydrogen) atoms. The molecule has 1 aliphatic rings. The van der Waals surface area contributed by atoms with E-state index in [2.05, 4.69) is 10.6 Å². The molecule has 0 aromatic heterocycles. The maximum absolute atomic E-state index is 8.44. The molecule has 0 radical (unpaired) electrons. The molecule has 6 heteroatoms. The van der Waals surface area contributed by atoms with Crippen molar-refractivity contribution in [2.24, 2.45) is 0 Å². The summed E-state index contributed by atoms with van der Waals surface area (Å²) in [4.78, 5) is 8.44. The van der Waals surface area contributed by atoms with Crippen LogP contribution in [0.5, 0.6) is 0 Å². The van der Waals surface area contributed by atoms with Gasteiger partial charge in [-0.25, -0.2) is 0 Å². The summed E-state index contributed by atoms with van der Waals surface area (Å²) in [6, 6.07) is 0. The van der Waals surface area contributed by atoms with Gasteiger partial charge in [-0.05, 0) is 0 Å². The zero-order valence-electron chi connectivity index (χ0n) is 6.59. The fraction of sp³-hybridized carbons (Fsp3) is 0.800. The van der Waals surface area contributed by atoms with E-state index in [-0.39, 0.29) is 51.4 Å². The van der Waals surface area contributed by atoms with Crippen LogP contribution in [0.15, 0.2) is 0 Å². The molecule has 0 unspecified atom stereocenters. The minimum atomic E-state index is -2.08. The molecule has 0 amide bonds. The topological polar surface area (TPSA) is 84.4 Å². The Bertz CT molecular complexity index is 82.2. The summed E-state index contributed by atoms with van der Waals surface area (Å²) in [5, 5.41) is 21.8. The zero-order chi connectivity index (χ0) is 7.82. The van der Waals surface area contributed by atoms with E-state index in [9.17, 15) is 0 Å². The summed E-state index contributed by atoms with van der Waals surface area (Å²) in [5.74, 6) is 0. The number of hydrogen-bond acceptors (Lipinski definition) is 4. The van der Waals surface area contributed by atoms with Crippen molar-refractivity contribution in [3.63, 3.8) is 0 Å². The Balaban J connectivity index is 0. The van der Waals surface area contributed by atoms with Gasteiger partial charge in [0.15, 0.2) is 0 Å². The molecule has 1 rings (SSSR count). The molecule has 0 atom stereocenters. The van der Waals surface area contributed by atoms with Gasteiger partial charge < -0.3 is 25.6 Å². The van der Waals surface area contributed by atoms with Crippen LogP contribution in [0.3, 0.4) is 0 Å². The number of rotatable bonds is 0. The molecule has 1 heterocycles. The van der Waals surface area contributed by atoms with Crippen LogP contribution in [0.1, 0.15) is 0 Å². The van der Waals surface area contributed by atoms with Gasteiger partial charge >= 0.3 is 51.4 Å². The van der Waals surface area contributed by atoms with Crippen LogP contribution >= 0.6 is 0 Å². The Kier molecular flexibility index (Phi) is 14.1. The minimum absolute atomic E-state index is 0. The molecule has 0 spiro atoms. The first kappa shape index (κ1) is 14.4. The second-order valence-corrected chi connectivity index (χ2v) is 1.77. The van der Waals surface area contributed by atoms with Crippen LogP contribution < -0.4 is 67.1 Å². The van der Waals surface area contributed by atoms with Crippen molar-refractivity contribution in [3.05, 3.63) is 0 Å². The molecule has 3 N–H and O–H groups in total. The van der Waals surface area contributed by atoms with E-state index in [4.69, 9.17) is 15.0 Å². The molecule has 60 valence electrons. The van der Waals surface area contributed by atoms with Crippen molar-refractivity contribution in [2.45, 2.75) is 0 Å². The molecule has 0 aliphatic carbocycles. The van der Waals surface area contributed by atoms with Crippen LogP contribution in [0.4, 0.5) is 4.79 Å². The van der Waals surface area contributed by atoms with Crippen LogP contribution in [0, 0.1) is 0 Å². The van der Waals surface area contributed by atoms with Gasteiger partial charge in [0.2, 0.25) is 6.16 Å². The molecule has 1 saturated heterocycles. The van der Waals surface area contributed by atoms with Gasteiger partial charge in [0, 0.05) is 26.2 Å². The van der Waals surface area contributed by atoms with Crippen LogP contribution in [-0.2, 0) is 0 Å². The van der Waals surface area contributed by atoms with Crippen molar-refractivity contribution < 1.29 is 66.4 Å². The Morgan fingerprint density at radius 3 is 1.45 bits per heavy atom. The Morgan fingerprint density at radius 1 is 1.18 bits per heavy atom. The molecular weight excluding hydrogens is 175 g/mol. The summed E-state index contributed by atoms with van der Waals surface area (Å²) < 4.78 is 0. The van der Waals surface area contributed by atoms with Crippen LogP contribution in [-0.4, -0.2) is 37.4 Å². The second-order valence-electron chi connectivity index (χ2n) is 1.77. The second kappa shape index (κ2) is 10.8. The predicted molar refractivity (Wildman–Crippen MR) is 33.8 cm³/mol. The van der Waals surface area contributed by atoms with Crippen molar-refractivity contribution in [2.75, 3.05) is 26.2 Å². The summed E-state index contributed by atoms with van der Waals surface area (Å²) >= 11 is 0. The third-order valence-electron chi connectivity index (χ3n) is 0.957. The molecule has 1 fully saturated rings. The van der Waals surface area contributed by atoms with Gasteiger partial charge in [-0.3, -0.25) is 0 Å². The first-order valence-electron chi connectivity index (χ1n) is 3.05. The SMILES string of the molecule is C1CNCCN1.O=C([O-])O.[K+]. The van der Waals surface area contributed by atoms with E-state index in [1.807, 2.05) is 0 Å². The number of carboxylic acid groups (broad SMARTS) is 2. The largest absolute Gasteiger partial charge is 1.00 e. The third kappa shape index (κ3) is 18.1. The van der Waals surface area contributed by atoms with E-state index >= 15 is 0 Å². The van der Waals surface area contributed by atoms with E-state index in [0.29, 0.717) is 0 Å². The summed E-state index contributed by atoms with van der Waals surface area (Å²) in [5.41, 5.74) is 0. The van der Waals surface area contributed by atoms with Gasteiger partial charge in [0.1, 0.15) is 0 Å². The zero-order valence-corrected chi connectivity index (χ0v) is 9.72. The van der Waals surface area contributed by atoms with E-state index in [1.54, 1.807) is 0 Å². The Labute approximate surface area is 108 Å². The van der Waals surface area contributed by atoms with Gasteiger partial charge in [-0.2, -0.15) is 0 Å². The molecule has 5 nitrogen and oxygen atoms in total.